The zero-order chi connectivity index (χ0) is 24.2. The monoisotopic (exact) mass is 475 g/mol. The zero-order valence-corrected chi connectivity index (χ0v) is 19.4. The van der Waals surface area contributed by atoms with Gasteiger partial charge in [-0.3, -0.25) is 9.59 Å². The lowest BCUT2D eigenvalue weighted by molar-refractivity contribution is -0.150. The van der Waals surface area contributed by atoms with Crippen LogP contribution in [0.3, 0.4) is 0 Å². The van der Waals surface area contributed by atoms with Gasteiger partial charge >= 0.3 is 0 Å². The molecule has 2 heterocycles. The highest BCUT2D eigenvalue weighted by molar-refractivity contribution is 5.92. The summed E-state index contributed by atoms with van der Waals surface area (Å²) >= 11 is 0. The molecule has 1 amide bonds. The van der Waals surface area contributed by atoms with Crippen molar-refractivity contribution in [1.29, 1.82) is 0 Å². The van der Waals surface area contributed by atoms with Gasteiger partial charge in [0, 0.05) is 23.9 Å². The van der Waals surface area contributed by atoms with Gasteiger partial charge in [0.1, 0.15) is 5.58 Å². The van der Waals surface area contributed by atoms with Gasteiger partial charge in [-0.25, -0.2) is 0 Å². The van der Waals surface area contributed by atoms with Crippen molar-refractivity contribution in [2.24, 2.45) is 0 Å². The SMILES string of the molecule is O=C(NC1CCCC1)C1=C[C@@H](c2coc3ccccc3c2=O)C[C@@H](OCc2ccc(CO)cc2)O1. The van der Waals surface area contributed by atoms with Gasteiger partial charge < -0.3 is 24.3 Å². The van der Waals surface area contributed by atoms with E-state index in [0.29, 0.717) is 23.0 Å². The Morgan fingerprint density at radius 1 is 1.06 bits per heavy atom. The summed E-state index contributed by atoms with van der Waals surface area (Å²) in [6.45, 7) is 0.250. The van der Waals surface area contributed by atoms with E-state index >= 15 is 0 Å². The number of allylic oxidation sites excluding steroid dienone is 1. The highest BCUT2D eigenvalue weighted by Gasteiger charge is 2.31. The molecule has 2 atom stereocenters. The standard InChI is InChI=1S/C28H29NO6/c30-15-18-9-11-19(12-10-18)16-34-26-14-20(13-25(35-26)28(32)29-21-5-1-2-6-21)23-17-33-24-8-4-3-7-22(24)27(23)31/h3-4,7-13,17,20-21,26,30H,1-2,5-6,14-16H2,(H,29,32)/t20-,26+/m1/s1. The van der Waals surface area contributed by atoms with Crippen LogP contribution in [0.15, 0.2) is 75.8 Å². The predicted molar refractivity (Wildman–Crippen MR) is 130 cm³/mol. The highest BCUT2D eigenvalue weighted by atomic mass is 16.7. The maximum atomic E-state index is 13.2. The Morgan fingerprint density at radius 3 is 2.57 bits per heavy atom. The number of rotatable bonds is 7. The van der Waals surface area contributed by atoms with Crippen molar-refractivity contribution in [3.63, 3.8) is 0 Å². The summed E-state index contributed by atoms with van der Waals surface area (Å²) < 4.78 is 17.7. The molecule has 2 aliphatic rings. The summed E-state index contributed by atoms with van der Waals surface area (Å²) in [5.41, 5.74) is 2.61. The van der Waals surface area contributed by atoms with Gasteiger partial charge in [0.2, 0.25) is 6.29 Å². The third kappa shape index (κ3) is 5.31. The Hall–Kier alpha value is -3.42. The van der Waals surface area contributed by atoms with Crippen LogP contribution >= 0.6 is 0 Å². The molecule has 0 bridgehead atoms. The van der Waals surface area contributed by atoms with Crippen LogP contribution in [-0.4, -0.2) is 23.3 Å². The fourth-order valence-electron chi connectivity index (χ4n) is 4.74. The summed E-state index contributed by atoms with van der Waals surface area (Å²) in [5.74, 6) is -0.510. The lowest BCUT2D eigenvalue weighted by Gasteiger charge is -2.29. The van der Waals surface area contributed by atoms with Crippen LogP contribution < -0.4 is 10.7 Å². The number of para-hydroxylation sites is 1. The third-order valence-electron chi connectivity index (χ3n) is 6.72. The van der Waals surface area contributed by atoms with Crippen LogP contribution in [0.5, 0.6) is 0 Å². The quantitative estimate of drug-likeness (QED) is 0.530. The van der Waals surface area contributed by atoms with Crippen molar-refractivity contribution in [2.75, 3.05) is 0 Å². The van der Waals surface area contributed by atoms with E-state index in [-0.39, 0.29) is 36.4 Å². The molecule has 7 heteroatoms. The minimum absolute atomic E-state index is 0.0207. The molecule has 7 nitrogen and oxygen atoms in total. The summed E-state index contributed by atoms with van der Waals surface area (Å²) in [6.07, 6.45) is 6.98. The number of aliphatic hydroxyl groups is 1. The molecule has 1 fully saturated rings. The summed E-state index contributed by atoms with van der Waals surface area (Å²) in [7, 11) is 0. The molecule has 0 unspecified atom stereocenters. The zero-order valence-electron chi connectivity index (χ0n) is 19.4. The van der Waals surface area contributed by atoms with E-state index < -0.39 is 12.2 Å². The Morgan fingerprint density at radius 2 is 1.80 bits per heavy atom. The molecule has 2 N–H and O–H groups in total. The number of hydrogen-bond donors (Lipinski definition) is 2. The Kier molecular flexibility index (Phi) is 6.97. The van der Waals surface area contributed by atoms with Crippen molar-refractivity contribution >= 4 is 16.9 Å². The molecule has 0 saturated heterocycles. The molecule has 35 heavy (non-hydrogen) atoms. The smallest absolute Gasteiger partial charge is 0.286 e. The van der Waals surface area contributed by atoms with E-state index in [2.05, 4.69) is 5.32 Å². The first-order chi connectivity index (χ1) is 17.1. The van der Waals surface area contributed by atoms with Gasteiger partial charge in [0.15, 0.2) is 11.2 Å². The maximum absolute atomic E-state index is 13.2. The van der Waals surface area contributed by atoms with Crippen LogP contribution in [0, 0.1) is 0 Å². The maximum Gasteiger partial charge on any atom is 0.286 e. The lowest BCUT2D eigenvalue weighted by atomic mass is 9.93. The van der Waals surface area contributed by atoms with Crippen molar-refractivity contribution in [2.45, 2.75) is 63.6 Å². The van der Waals surface area contributed by atoms with Gasteiger partial charge in [-0.05, 0) is 42.2 Å². The molecule has 1 saturated carbocycles. The first kappa shape index (κ1) is 23.3. The molecule has 2 aromatic carbocycles. The van der Waals surface area contributed by atoms with Crippen LogP contribution in [0.25, 0.3) is 11.0 Å². The average molecular weight is 476 g/mol. The predicted octanol–water partition coefficient (Wildman–Crippen LogP) is 4.27. The fourth-order valence-corrected chi connectivity index (χ4v) is 4.74. The number of amides is 1. The van der Waals surface area contributed by atoms with Gasteiger partial charge in [0.25, 0.3) is 5.91 Å². The Labute approximate surface area is 203 Å². The molecule has 182 valence electrons. The van der Waals surface area contributed by atoms with Crippen molar-refractivity contribution < 1.29 is 23.8 Å². The molecule has 0 spiro atoms. The molecular formula is C28H29NO6. The number of ether oxygens (including phenoxy) is 2. The second kappa shape index (κ2) is 10.5. The number of nitrogens with one attached hydrogen (secondary N) is 1. The van der Waals surface area contributed by atoms with E-state index in [4.69, 9.17) is 13.9 Å². The molecular weight excluding hydrogens is 446 g/mol. The minimum atomic E-state index is -0.710. The van der Waals surface area contributed by atoms with Crippen molar-refractivity contribution in [3.05, 3.63) is 93.5 Å². The first-order valence-corrected chi connectivity index (χ1v) is 12.1. The van der Waals surface area contributed by atoms with E-state index in [9.17, 15) is 14.7 Å². The van der Waals surface area contributed by atoms with E-state index in [1.807, 2.05) is 30.3 Å². The minimum Gasteiger partial charge on any atom is -0.464 e. The normalized spacial score (nSPS) is 20.4. The first-order valence-electron chi connectivity index (χ1n) is 12.1. The third-order valence-corrected chi connectivity index (χ3v) is 6.72. The van der Waals surface area contributed by atoms with Crippen molar-refractivity contribution in [1.82, 2.24) is 5.32 Å². The van der Waals surface area contributed by atoms with Gasteiger partial charge in [-0.1, -0.05) is 49.2 Å². The fraction of sp³-hybridized carbons (Fsp3) is 0.357. The number of fused-ring (bicyclic) bond motifs is 1. The van der Waals surface area contributed by atoms with Crippen LogP contribution in [0.2, 0.25) is 0 Å². The molecule has 0 radical (unpaired) electrons. The molecule has 1 aromatic heterocycles. The largest absolute Gasteiger partial charge is 0.464 e. The molecule has 1 aliphatic carbocycles. The topological polar surface area (TPSA) is 98.0 Å². The molecule has 1 aliphatic heterocycles. The number of hydrogen-bond acceptors (Lipinski definition) is 6. The second-order valence-corrected chi connectivity index (χ2v) is 9.18. The number of carbonyl (C=O) groups excluding carboxylic acids is 1. The van der Waals surface area contributed by atoms with E-state index in [1.54, 1.807) is 24.3 Å². The van der Waals surface area contributed by atoms with Gasteiger partial charge in [0.05, 0.1) is 24.9 Å². The molecule has 3 aromatic rings. The summed E-state index contributed by atoms with van der Waals surface area (Å²) in [4.78, 5) is 26.3. The van der Waals surface area contributed by atoms with Crippen LogP contribution in [-0.2, 0) is 27.5 Å². The molecule has 5 rings (SSSR count). The Balaban J connectivity index is 1.39. The number of benzene rings is 2. The van der Waals surface area contributed by atoms with Gasteiger partial charge in [-0.2, -0.15) is 0 Å². The summed E-state index contributed by atoms with van der Waals surface area (Å²) in [5, 5.41) is 12.8. The van der Waals surface area contributed by atoms with Crippen LogP contribution in [0.4, 0.5) is 0 Å². The Bertz CT molecular complexity index is 1270. The van der Waals surface area contributed by atoms with Gasteiger partial charge in [-0.15, -0.1) is 0 Å². The number of carbonyl (C=O) groups is 1. The summed E-state index contributed by atoms with van der Waals surface area (Å²) in [6, 6.07) is 14.7. The lowest BCUT2D eigenvalue weighted by Crippen LogP contribution is -2.37. The highest BCUT2D eigenvalue weighted by Crippen LogP contribution is 2.32. The van der Waals surface area contributed by atoms with E-state index in [0.717, 1.165) is 36.8 Å². The average Bonchev–Trinajstić information content (AvgIpc) is 3.41. The number of aliphatic hydroxyl groups excluding tert-OH is 1. The van der Waals surface area contributed by atoms with E-state index in [1.165, 1.54) is 6.26 Å². The van der Waals surface area contributed by atoms with Crippen LogP contribution in [0.1, 0.15) is 54.7 Å². The van der Waals surface area contributed by atoms with Crippen molar-refractivity contribution in [3.8, 4) is 0 Å². The second-order valence-electron chi connectivity index (χ2n) is 9.18.